The molecule has 106 valence electrons. The van der Waals surface area contributed by atoms with Crippen LogP contribution in [-0.4, -0.2) is 42.3 Å². The molecule has 0 aliphatic carbocycles. The molecular weight excluding hydrogens is 269 g/mol. The van der Waals surface area contributed by atoms with E-state index in [4.69, 9.17) is 9.84 Å². The number of aliphatic hydroxyl groups excluding tert-OH is 1. The third-order valence-corrected chi connectivity index (χ3v) is 3.51. The summed E-state index contributed by atoms with van der Waals surface area (Å²) in [6.45, 7) is 0.538. The van der Waals surface area contributed by atoms with E-state index < -0.39 is 6.04 Å². The minimum Gasteiger partial charge on any atom is -0.468 e. The summed E-state index contributed by atoms with van der Waals surface area (Å²) in [6.07, 6.45) is 0. The van der Waals surface area contributed by atoms with Gasteiger partial charge in [-0.05, 0) is 17.7 Å². The van der Waals surface area contributed by atoms with Crippen molar-refractivity contribution in [1.29, 1.82) is 0 Å². The number of esters is 1. The van der Waals surface area contributed by atoms with Crippen LogP contribution in [0.15, 0.2) is 24.3 Å². The number of carbonyl (C=O) groups is 1. The molecule has 0 fully saturated rings. The van der Waals surface area contributed by atoms with E-state index in [1.54, 1.807) is 12.1 Å². The van der Waals surface area contributed by atoms with Gasteiger partial charge in [0.15, 0.2) is 0 Å². The number of halogens is 1. The maximum absolute atomic E-state index is 12.8. The molecule has 19 heavy (non-hydrogen) atoms. The number of methoxy groups -OCH3 is 1. The molecule has 0 unspecified atom stereocenters. The lowest BCUT2D eigenvalue weighted by Gasteiger charge is -2.16. The van der Waals surface area contributed by atoms with E-state index in [0.29, 0.717) is 18.1 Å². The van der Waals surface area contributed by atoms with Crippen molar-refractivity contribution >= 4 is 17.7 Å². The van der Waals surface area contributed by atoms with E-state index in [0.717, 1.165) is 5.56 Å². The van der Waals surface area contributed by atoms with Crippen LogP contribution in [0.25, 0.3) is 0 Å². The van der Waals surface area contributed by atoms with E-state index in [1.807, 2.05) is 0 Å². The molecule has 2 N–H and O–H groups in total. The van der Waals surface area contributed by atoms with Gasteiger partial charge in [0.1, 0.15) is 11.9 Å². The number of benzene rings is 1. The van der Waals surface area contributed by atoms with Gasteiger partial charge in [-0.25, -0.2) is 4.39 Å². The van der Waals surface area contributed by atoms with Gasteiger partial charge in [-0.3, -0.25) is 10.1 Å². The summed E-state index contributed by atoms with van der Waals surface area (Å²) < 4.78 is 17.5. The molecule has 1 atom stereocenters. The molecule has 0 radical (unpaired) electrons. The SMILES string of the molecule is COC(=O)[C@@H](CSCCO)NCc1ccc(F)cc1. The van der Waals surface area contributed by atoms with Crippen molar-refractivity contribution in [3.05, 3.63) is 35.6 Å². The minimum absolute atomic E-state index is 0.0799. The van der Waals surface area contributed by atoms with Crippen molar-refractivity contribution in [1.82, 2.24) is 5.32 Å². The Bertz CT molecular complexity index is 386. The van der Waals surface area contributed by atoms with Crippen LogP contribution in [0.5, 0.6) is 0 Å². The summed E-state index contributed by atoms with van der Waals surface area (Å²) in [4.78, 5) is 11.6. The van der Waals surface area contributed by atoms with Gasteiger partial charge in [-0.1, -0.05) is 12.1 Å². The Morgan fingerprint density at radius 1 is 1.47 bits per heavy atom. The Labute approximate surface area is 116 Å². The zero-order chi connectivity index (χ0) is 14.1. The number of hydrogen-bond donors (Lipinski definition) is 2. The number of rotatable bonds is 8. The second-order valence-electron chi connectivity index (χ2n) is 3.88. The highest BCUT2D eigenvalue weighted by molar-refractivity contribution is 7.99. The third kappa shape index (κ3) is 6.04. The molecule has 0 saturated carbocycles. The zero-order valence-corrected chi connectivity index (χ0v) is 11.6. The zero-order valence-electron chi connectivity index (χ0n) is 10.8. The monoisotopic (exact) mass is 287 g/mol. The summed E-state index contributed by atoms with van der Waals surface area (Å²) in [7, 11) is 1.34. The quantitative estimate of drug-likeness (QED) is 0.555. The molecule has 0 amide bonds. The van der Waals surface area contributed by atoms with Gasteiger partial charge in [0, 0.05) is 18.1 Å². The maximum Gasteiger partial charge on any atom is 0.323 e. The first-order valence-corrected chi connectivity index (χ1v) is 7.07. The second kappa shape index (κ2) is 8.90. The molecule has 0 aliphatic heterocycles. The van der Waals surface area contributed by atoms with Crippen LogP contribution in [0.1, 0.15) is 5.56 Å². The smallest absolute Gasteiger partial charge is 0.323 e. The largest absolute Gasteiger partial charge is 0.468 e. The summed E-state index contributed by atoms with van der Waals surface area (Å²) in [6, 6.07) is 5.65. The van der Waals surface area contributed by atoms with Crippen molar-refractivity contribution in [3.8, 4) is 0 Å². The first kappa shape index (κ1) is 15.9. The minimum atomic E-state index is -0.438. The van der Waals surface area contributed by atoms with Crippen LogP contribution in [-0.2, 0) is 16.1 Å². The van der Waals surface area contributed by atoms with Gasteiger partial charge < -0.3 is 9.84 Å². The fraction of sp³-hybridized carbons (Fsp3) is 0.462. The average Bonchev–Trinajstić information content (AvgIpc) is 2.43. The maximum atomic E-state index is 12.8. The van der Waals surface area contributed by atoms with Gasteiger partial charge >= 0.3 is 5.97 Å². The molecule has 0 bridgehead atoms. The average molecular weight is 287 g/mol. The number of carbonyl (C=O) groups excluding carboxylic acids is 1. The highest BCUT2D eigenvalue weighted by Gasteiger charge is 2.18. The summed E-state index contributed by atoms with van der Waals surface area (Å²) >= 11 is 1.47. The van der Waals surface area contributed by atoms with Crippen molar-refractivity contribution in [3.63, 3.8) is 0 Å². The van der Waals surface area contributed by atoms with Crippen LogP contribution in [0, 0.1) is 5.82 Å². The van der Waals surface area contributed by atoms with Crippen LogP contribution in [0.3, 0.4) is 0 Å². The normalized spacial score (nSPS) is 12.2. The molecule has 1 rings (SSSR count). The molecule has 0 aromatic heterocycles. The highest BCUT2D eigenvalue weighted by Crippen LogP contribution is 2.06. The van der Waals surface area contributed by atoms with Crippen LogP contribution >= 0.6 is 11.8 Å². The summed E-state index contributed by atoms with van der Waals surface area (Å²) in [5.74, 6) is 0.472. The lowest BCUT2D eigenvalue weighted by molar-refractivity contribution is -0.142. The van der Waals surface area contributed by atoms with E-state index in [2.05, 4.69) is 5.32 Å². The molecule has 0 saturated heterocycles. The lowest BCUT2D eigenvalue weighted by Crippen LogP contribution is -2.39. The van der Waals surface area contributed by atoms with E-state index in [-0.39, 0.29) is 18.4 Å². The number of nitrogens with one attached hydrogen (secondary N) is 1. The van der Waals surface area contributed by atoms with Gasteiger partial charge in [0.05, 0.1) is 13.7 Å². The fourth-order valence-corrected chi connectivity index (χ4v) is 2.25. The standard InChI is InChI=1S/C13H18FNO3S/c1-18-13(17)12(9-19-7-6-16)15-8-10-2-4-11(14)5-3-10/h2-5,12,15-16H,6-9H2,1H3/t12-/m1/s1. The van der Waals surface area contributed by atoms with Crippen molar-refractivity contribution in [2.24, 2.45) is 0 Å². The van der Waals surface area contributed by atoms with Crippen molar-refractivity contribution in [2.75, 3.05) is 25.2 Å². The Balaban J connectivity index is 2.47. The number of aliphatic hydroxyl groups is 1. The number of thioether (sulfide) groups is 1. The van der Waals surface area contributed by atoms with Crippen molar-refractivity contribution < 1.29 is 19.0 Å². The van der Waals surface area contributed by atoms with E-state index >= 15 is 0 Å². The highest BCUT2D eigenvalue weighted by atomic mass is 32.2. The first-order valence-electron chi connectivity index (χ1n) is 5.91. The summed E-state index contributed by atoms with van der Waals surface area (Å²) in [5.41, 5.74) is 0.891. The van der Waals surface area contributed by atoms with Crippen LogP contribution in [0.4, 0.5) is 4.39 Å². The van der Waals surface area contributed by atoms with E-state index in [1.165, 1.54) is 31.0 Å². The Hall–Kier alpha value is -1.11. The number of ether oxygens (including phenoxy) is 1. The number of hydrogen-bond acceptors (Lipinski definition) is 5. The van der Waals surface area contributed by atoms with Gasteiger partial charge in [-0.15, -0.1) is 0 Å². The fourth-order valence-electron chi connectivity index (χ4n) is 1.46. The first-order chi connectivity index (χ1) is 9.17. The second-order valence-corrected chi connectivity index (χ2v) is 5.03. The Morgan fingerprint density at radius 2 is 2.16 bits per heavy atom. The molecule has 0 heterocycles. The molecule has 0 spiro atoms. The van der Waals surface area contributed by atoms with Gasteiger partial charge in [-0.2, -0.15) is 11.8 Å². The van der Waals surface area contributed by atoms with Crippen LogP contribution < -0.4 is 5.32 Å². The lowest BCUT2D eigenvalue weighted by atomic mass is 10.2. The molecular formula is C13H18FNO3S. The third-order valence-electron chi connectivity index (χ3n) is 2.47. The predicted molar refractivity (Wildman–Crippen MR) is 73.5 cm³/mol. The molecule has 1 aromatic rings. The predicted octanol–water partition coefficient (Wildman–Crippen LogP) is 1.18. The molecule has 4 nitrogen and oxygen atoms in total. The Kier molecular flexibility index (Phi) is 7.47. The van der Waals surface area contributed by atoms with Crippen molar-refractivity contribution in [2.45, 2.75) is 12.6 Å². The summed E-state index contributed by atoms with van der Waals surface area (Å²) in [5, 5.41) is 11.8. The molecule has 1 aromatic carbocycles. The van der Waals surface area contributed by atoms with E-state index in [9.17, 15) is 9.18 Å². The van der Waals surface area contributed by atoms with Gasteiger partial charge in [0.25, 0.3) is 0 Å². The van der Waals surface area contributed by atoms with Gasteiger partial charge in [0.2, 0.25) is 0 Å². The Morgan fingerprint density at radius 3 is 2.74 bits per heavy atom. The molecule has 6 heteroatoms. The molecule has 0 aliphatic rings. The van der Waals surface area contributed by atoms with Crippen LogP contribution in [0.2, 0.25) is 0 Å². The topological polar surface area (TPSA) is 58.6 Å².